The summed E-state index contributed by atoms with van der Waals surface area (Å²) in [5.74, 6) is 1.26. The molecule has 0 spiro atoms. The Morgan fingerprint density at radius 1 is 1.00 bits per heavy atom. The topological polar surface area (TPSA) is 83.1 Å². The number of carbonyl (C=O) groups is 2. The van der Waals surface area contributed by atoms with Crippen LogP contribution >= 0.6 is 0 Å². The molecule has 7 nitrogen and oxygen atoms in total. The molecule has 1 atom stereocenters. The number of amides is 1. The van der Waals surface area contributed by atoms with Gasteiger partial charge in [-0.15, -0.1) is 0 Å². The lowest BCUT2D eigenvalue weighted by atomic mass is 9.95. The minimum atomic E-state index is -0.565. The van der Waals surface area contributed by atoms with Crippen LogP contribution in [0, 0.1) is 5.92 Å². The fourth-order valence-corrected chi connectivity index (χ4v) is 3.56. The summed E-state index contributed by atoms with van der Waals surface area (Å²) in [4.78, 5) is 24.9. The van der Waals surface area contributed by atoms with Gasteiger partial charge < -0.3 is 24.3 Å². The fourth-order valence-electron chi connectivity index (χ4n) is 3.56. The van der Waals surface area contributed by atoms with Gasteiger partial charge in [0.25, 0.3) is 5.91 Å². The highest BCUT2D eigenvalue weighted by molar-refractivity contribution is 5.96. The predicted molar refractivity (Wildman–Crippen MR) is 114 cm³/mol. The summed E-state index contributed by atoms with van der Waals surface area (Å²) in [6, 6.07) is 12.8. The van der Waals surface area contributed by atoms with Crippen molar-refractivity contribution in [3.05, 3.63) is 59.2 Å². The van der Waals surface area contributed by atoms with E-state index in [-0.39, 0.29) is 31.1 Å². The molecular weight excluding hydrogens is 398 g/mol. The van der Waals surface area contributed by atoms with Crippen molar-refractivity contribution in [1.29, 1.82) is 0 Å². The Morgan fingerprint density at radius 3 is 2.58 bits per heavy atom. The molecule has 1 N–H and O–H groups in total. The van der Waals surface area contributed by atoms with Gasteiger partial charge >= 0.3 is 5.97 Å². The summed E-state index contributed by atoms with van der Waals surface area (Å²) in [6.45, 7) is 4.78. The Kier molecular flexibility index (Phi) is 6.11. The Labute approximate surface area is 180 Å². The molecule has 2 heterocycles. The zero-order chi connectivity index (χ0) is 21.8. The Balaban J connectivity index is 1.37. The van der Waals surface area contributed by atoms with Gasteiger partial charge in [0.05, 0.1) is 11.6 Å². The molecule has 0 saturated carbocycles. The van der Waals surface area contributed by atoms with E-state index in [1.807, 2.05) is 56.3 Å². The van der Waals surface area contributed by atoms with E-state index >= 15 is 0 Å². The van der Waals surface area contributed by atoms with E-state index < -0.39 is 5.97 Å². The van der Waals surface area contributed by atoms with Crippen molar-refractivity contribution in [2.75, 3.05) is 26.4 Å². The van der Waals surface area contributed by atoms with Crippen LogP contribution in [0.1, 0.15) is 31.0 Å². The van der Waals surface area contributed by atoms with Crippen molar-refractivity contribution in [1.82, 2.24) is 5.32 Å². The van der Waals surface area contributed by atoms with E-state index in [4.69, 9.17) is 18.9 Å². The van der Waals surface area contributed by atoms with Crippen molar-refractivity contribution in [2.24, 2.45) is 5.92 Å². The van der Waals surface area contributed by atoms with Gasteiger partial charge in [-0.25, -0.2) is 4.79 Å². The van der Waals surface area contributed by atoms with Crippen molar-refractivity contribution in [2.45, 2.75) is 19.9 Å². The van der Waals surface area contributed by atoms with Crippen LogP contribution in [0.15, 0.2) is 48.0 Å². The SMILES string of the molecule is CC(C)[C@@H](NC(=O)COC(=O)C1=Cc2ccccc2OC1)c1ccc2c(c1)OCCO2. The third-order valence-electron chi connectivity index (χ3n) is 5.14. The average Bonchev–Trinajstić information content (AvgIpc) is 2.80. The molecule has 2 aromatic rings. The molecule has 0 aliphatic carbocycles. The lowest BCUT2D eigenvalue weighted by molar-refractivity contribution is -0.145. The van der Waals surface area contributed by atoms with Crippen molar-refractivity contribution < 1.29 is 28.5 Å². The van der Waals surface area contributed by atoms with Gasteiger partial charge in [-0.3, -0.25) is 4.79 Å². The van der Waals surface area contributed by atoms with Crippen LogP contribution in [0.25, 0.3) is 6.08 Å². The van der Waals surface area contributed by atoms with E-state index in [1.54, 1.807) is 6.08 Å². The van der Waals surface area contributed by atoms with Crippen LogP contribution in [0.4, 0.5) is 0 Å². The van der Waals surface area contributed by atoms with Gasteiger partial charge in [0, 0.05) is 5.56 Å². The first-order chi connectivity index (χ1) is 15.0. The van der Waals surface area contributed by atoms with Crippen molar-refractivity contribution in [3.63, 3.8) is 0 Å². The molecule has 2 aliphatic heterocycles. The first kappa shape index (κ1) is 20.8. The summed E-state index contributed by atoms with van der Waals surface area (Å²) >= 11 is 0. The molecule has 4 rings (SSSR count). The zero-order valence-electron chi connectivity index (χ0n) is 17.6. The first-order valence-electron chi connectivity index (χ1n) is 10.3. The number of rotatable bonds is 6. The normalized spacial score (nSPS) is 15.3. The van der Waals surface area contributed by atoms with Crippen LogP contribution in [-0.4, -0.2) is 38.3 Å². The van der Waals surface area contributed by atoms with Gasteiger partial charge in [-0.2, -0.15) is 0 Å². The van der Waals surface area contributed by atoms with Gasteiger partial charge in [0.2, 0.25) is 0 Å². The first-order valence-corrected chi connectivity index (χ1v) is 10.3. The molecule has 2 aromatic carbocycles. The number of carbonyl (C=O) groups excluding carboxylic acids is 2. The zero-order valence-corrected chi connectivity index (χ0v) is 17.6. The molecule has 0 saturated heterocycles. The minimum absolute atomic E-state index is 0.114. The number of para-hydroxylation sites is 1. The predicted octanol–water partition coefficient (Wildman–Crippen LogP) is 3.29. The molecule has 0 radical (unpaired) electrons. The third kappa shape index (κ3) is 4.82. The summed E-state index contributed by atoms with van der Waals surface area (Å²) in [6.07, 6.45) is 1.73. The van der Waals surface area contributed by atoms with Crippen molar-refractivity contribution in [3.8, 4) is 17.2 Å². The number of ether oxygens (including phenoxy) is 4. The largest absolute Gasteiger partial charge is 0.488 e. The summed E-state index contributed by atoms with van der Waals surface area (Å²) < 4.78 is 22.0. The Hall–Kier alpha value is -3.48. The molecule has 0 unspecified atom stereocenters. The van der Waals surface area contributed by atoms with Crippen LogP contribution in [0.3, 0.4) is 0 Å². The van der Waals surface area contributed by atoms with E-state index in [0.717, 1.165) is 16.9 Å². The maximum atomic E-state index is 12.5. The molecule has 162 valence electrons. The molecule has 1 amide bonds. The second kappa shape index (κ2) is 9.12. The Morgan fingerprint density at radius 2 is 1.77 bits per heavy atom. The third-order valence-corrected chi connectivity index (χ3v) is 5.14. The molecular formula is C24H25NO6. The van der Waals surface area contributed by atoms with Gasteiger partial charge in [-0.1, -0.05) is 38.1 Å². The number of benzene rings is 2. The highest BCUT2D eigenvalue weighted by Gasteiger charge is 2.23. The molecule has 0 fully saturated rings. The van der Waals surface area contributed by atoms with Crippen molar-refractivity contribution >= 4 is 18.0 Å². The van der Waals surface area contributed by atoms with E-state index in [9.17, 15) is 9.59 Å². The summed E-state index contributed by atoms with van der Waals surface area (Å²) in [5, 5.41) is 2.95. The van der Waals surface area contributed by atoms with E-state index in [1.165, 1.54) is 0 Å². The quantitative estimate of drug-likeness (QED) is 0.718. The summed E-state index contributed by atoms with van der Waals surface area (Å²) in [5.41, 5.74) is 2.08. The maximum absolute atomic E-state index is 12.5. The van der Waals surface area contributed by atoms with E-state index in [0.29, 0.717) is 30.3 Å². The Bertz CT molecular complexity index is 1010. The maximum Gasteiger partial charge on any atom is 0.338 e. The highest BCUT2D eigenvalue weighted by atomic mass is 16.6. The van der Waals surface area contributed by atoms with Gasteiger partial charge in [0.15, 0.2) is 18.1 Å². The van der Waals surface area contributed by atoms with E-state index in [2.05, 4.69) is 5.32 Å². The highest BCUT2D eigenvalue weighted by Crippen LogP contribution is 2.34. The molecule has 7 heteroatoms. The monoisotopic (exact) mass is 423 g/mol. The number of esters is 1. The molecule has 0 bridgehead atoms. The lowest BCUT2D eigenvalue weighted by Crippen LogP contribution is -2.35. The second-order valence-corrected chi connectivity index (χ2v) is 7.76. The minimum Gasteiger partial charge on any atom is -0.488 e. The van der Waals surface area contributed by atoms with Gasteiger partial charge in [-0.05, 0) is 35.8 Å². The molecule has 31 heavy (non-hydrogen) atoms. The number of nitrogens with one attached hydrogen (secondary N) is 1. The lowest BCUT2D eigenvalue weighted by Gasteiger charge is -2.25. The second-order valence-electron chi connectivity index (χ2n) is 7.76. The standard InChI is InChI=1S/C24H25NO6/c1-15(2)23(17-7-8-20-21(12-17)29-10-9-28-20)25-22(26)14-31-24(27)18-11-16-5-3-4-6-19(16)30-13-18/h3-8,11-12,15,23H,9-10,13-14H2,1-2H3,(H,25,26)/t23-/m1/s1. The molecule has 0 aromatic heterocycles. The average molecular weight is 423 g/mol. The van der Waals surface area contributed by atoms with Crippen LogP contribution in [-0.2, 0) is 14.3 Å². The van der Waals surface area contributed by atoms with Gasteiger partial charge in [0.1, 0.15) is 25.6 Å². The smallest absolute Gasteiger partial charge is 0.338 e. The molecule has 2 aliphatic rings. The van der Waals surface area contributed by atoms with Crippen LogP contribution < -0.4 is 19.5 Å². The van der Waals surface area contributed by atoms with Crippen LogP contribution in [0.5, 0.6) is 17.2 Å². The summed E-state index contributed by atoms with van der Waals surface area (Å²) in [7, 11) is 0. The number of hydrogen-bond donors (Lipinski definition) is 1. The van der Waals surface area contributed by atoms with Crippen LogP contribution in [0.2, 0.25) is 0 Å². The number of hydrogen-bond acceptors (Lipinski definition) is 6. The fraction of sp³-hybridized carbons (Fsp3) is 0.333. The number of fused-ring (bicyclic) bond motifs is 2.